The zero-order valence-corrected chi connectivity index (χ0v) is 15.1. The molecule has 1 aromatic carbocycles. The van der Waals surface area contributed by atoms with Crippen LogP contribution >= 0.6 is 0 Å². The van der Waals surface area contributed by atoms with Gasteiger partial charge in [0.15, 0.2) is 9.84 Å². The van der Waals surface area contributed by atoms with Crippen LogP contribution in [0.15, 0.2) is 29.2 Å². The zero-order chi connectivity index (χ0) is 18.4. The molecule has 0 spiro atoms. The smallest absolute Gasteiger partial charge is 0.223 e. The minimum absolute atomic E-state index is 0.0444. The fourth-order valence-corrected chi connectivity index (χ4v) is 4.12. The molecule has 2 amide bonds. The van der Waals surface area contributed by atoms with Crippen LogP contribution in [-0.2, 0) is 19.4 Å². The van der Waals surface area contributed by atoms with Crippen LogP contribution in [-0.4, -0.2) is 55.7 Å². The molecule has 0 radical (unpaired) electrons. The van der Waals surface area contributed by atoms with Crippen molar-refractivity contribution >= 4 is 27.3 Å². The van der Waals surface area contributed by atoms with Crippen molar-refractivity contribution in [1.29, 1.82) is 0 Å². The Morgan fingerprint density at radius 1 is 1.28 bits per heavy atom. The first-order chi connectivity index (χ1) is 11.8. The highest BCUT2D eigenvalue weighted by Gasteiger charge is 2.24. The molecule has 2 N–H and O–H groups in total. The Hall–Kier alpha value is -1.93. The molecular weight excluding hydrogens is 344 g/mol. The van der Waals surface area contributed by atoms with Gasteiger partial charge in [0.25, 0.3) is 0 Å². The summed E-state index contributed by atoms with van der Waals surface area (Å²) in [7, 11) is -3.57. The van der Waals surface area contributed by atoms with Crippen molar-refractivity contribution in [2.75, 3.05) is 30.8 Å². The van der Waals surface area contributed by atoms with E-state index in [1.54, 1.807) is 4.90 Å². The summed E-state index contributed by atoms with van der Waals surface area (Å²) < 4.78 is 24.8. The van der Waals surface area contributed by atoms with Gasteiger partial charge in [-0.2, -0.15) is 0 Å². The highest BCUT2D eigenvalue weighted by atomic mass is 32.2. The van der Waals surface area contributed by atoms with E-state index in [1.807, 2.05) is 0 Å². The van der Waals surface area contributed by atoms with E-state index >= 15 is 0 Å². The van der Waals surface area contributed by atoms with Crippen molar-refractivity contribution in [1.82, 2.24) is 4.90 Å². The fraction of sp³-hybridized carbons (Fsp3) is 0.529. The first-order valence-corrected chi connectivity index (χ1v) is 9.96. The lowest BCUT2D eigenvalue weighted by atomic mass is 9.99. The van der Waals surface area contributed by atoms with E-state index in [1.165, 1.54) is 31.2 Å². The molecule has 0 saturated carbocycles. The number of anilines is 1. The van der Waals surface area contributed by atoms with Crippen molar-refractivity contribution in [3.8, 4) is 0 Å². The maximum atomic E-state index is 12.4. The lowest BCUT2D eigenvalue weighted by Gasteiger charge is -2.31. The quantitative estimate of drug-likeness (QED) is 0.781. The number of sulfone groups is 1. The van der Waals surface area contributed by atoms with Crippen molar-refractivity contribution in [2.45, 2.75) is 31.1 Å². The molecular formula is C17H24N2O5S. The van der Waals surface area contributed by atoms with E-state index < -0.39 is 9.84 Å². The third-order valence-corrected chi connectivity index (χ3v) is 5.98. The summed E-state index contributed by atoms with van der Waals surface area (Å²) in [4.78, 5) is 25.0. The van der Waals surface area contributed by atoms with Gasteiger partial charge in [-0.15, -0.1) is 0 Å². The molecule has 1 fully saturated rings. The Kier molecular flexibility index (Phi) is 6.55. The molecule has 1 aliphatic heterocycles. The Labute approximate surface area is 147 Å². The summed E-state index contributed by atoms with van der Waals surface area (Å²) in [5.41, 5.74) is 0.519. The number of hydrogen-bond donors (Lipinski definition) is 2. The Balaban J connectivity index is 1.94. The molecule has 25 heavy (non-hydrogen) atoms. The second-order valence-corrected chi connectivity index (χ2v) is 8.41. The predicted molar refractivity (Wildman–Crippen MR) is 93.8 cm³/mol. The summed E-state index contributed by atoms with van der Waals surface area (Å²) in [5.74, 6) is -0.609. The molecule has 1 heterocycles. The van der Waals surface area contributed by atoms with Gasteiger partial charge in [-0.1, -0.05) is 0 Å². The number of likely N-dealkylation sites (tertiary alicyclic amines) is 1. The Morgan fingerprint density at radius 2 is 1.96 bits per heavy atom. The maximum absolute atomic E-state index is 12.4. The first kappa shape index (κ1) is 19.4. The number of carbonyl (C=O) groups excluding carboxylic acids is 2. The van der Waals surface area contributed by atoms with Gasteiger partial charge in [0, 0.05) is 38.7 Å². The number of piperidine rings is 1. The normalized spacial score (nSPS) is 18.0. The monoisotopic (exact) mass is 368 g/mol. The van der Waals surface area contributed by atoms with Crippen LogP contribution in [0.2, 0.25) is 0 Å². The van der Waals surface area contributed by atoms with Crippen LogP contribution in [0.4, 0.5) is 5.69 Å². The average molecular weight is 368 g/mol. The number of rotatable bonds is 6. The van der Waals surface area contributed by atoms with Crippen molar-refractivity contribution in [3.63, 3.8) is 0 Å². The minimum Gasteiger partial charge on any atom is -0.396 e. The van der Waals surface area contributed by atoms with Crippen LogP contribution in [0.3, 0.4) is 0 Å². The number of aliphatic hydroxyl groups excluding tert-OH is 1. The molecule has 1 aliphatic rings. The third-order valence-electron chi connectivity index (χ3n) is 4.25. The summed E-state index contributed by atoms with van der Waals surface area (Å²) in [5, 5.41) is 11.8. The SMILES string of the molecule is CC(=O)Nc1ccc(S(=O)(=O)CCC(=O)N2CCCC(CO)C2)cc1. The molecule has 0 bridgehead atoms. The van der Waals surface area contributed by atoms with Gasteiger partial charge < -0.3 is 15.3 Å². The molecule has 7 nitrogen and oxygen atoms in total. The highest BCUT2D eigenvalue weighted by molar-refractivity contribution is 7.91. The number of hydrogen-bond acceptors (Lipinski definition) is 5. The average Bonchev–Trinajstić information content (AvgIpc) is 2.59. The van der Waals surface area contributed by atoms with E-state index in [4.69, 9.17) is 0 Å². The van der Waals surface area contributed by atoms with Gasteiger partial charge in [0.1, 0.15) is 0 Å². The first-order valence-electron chi connectivity index (χ1n) is 8.31. The van der Waals surface area contributed by atoms with Crippen LogP contribution in [0.1, 0.15) is 26.2 Å². The van der Waals surface area contributed by atoms with Gasteiger partial charge >= 0.3 is 0 Å². The lowest BCUT2D eigenvalue weighted by molar-refractivity contribution is -0.132. The predicted octanol–water partition coefficient (Wildman–Crippen LogP) is 1.04. The van der Waals surface area contributed by atoms with Crippen LogP contribution < -0.4 is 5.32 Å². The standard InChI is InChI=1S/C17H24N2O5S/c1-13(21)18-15-4-6-16(7-5-15)25(23,24)10-8-17(22)19-9-2-3-14(11-19)12-20/h4-7,14,20H,2-3,8-12H2,1H3,(H,18,21). The molecule has 138 valence electrons. The summed E-state index contributed by atoms with van der Waals surface area (Å²) >= 11 is 0. The Bertz CT molecular complexity index is 715. The van der Waals surface area contributed by atoms with E-state index in [-0.39, 0.29) is 41.4 Å². The molecule has 2 rings (SSSR count). The third kappa shape index (κ3) is 5.54. The van der Waals surface area contributed by atoms with Gasteiger partial charge in [-0.3, -0.25) is 9.59 Å². The number of nitrogens with zero attached hydrogens (tertiary/aromatic N) is 1. The maximum Gasteiger partial charge on any atom is 0.223 e. The second-order valence-electron chi connectivity index (χ2n) is 6.31. The van der Waals surface area contributed by atoms with Crippen LogP contribution in [0.5, 0.6) is 0 Å². The molecule has 8 heteroatoms. The van der Waals surface area contributed by atoms with Gasteiger partial charge in [0.2, 0.25) is 11.8 Å². The largest absolute Gasteiger partial charge is 0.396 e. The summed E-state index contributed by atoms with van der Waals surface area (Å²) in [6, 6.07) is 5.89. The van der Waals surface area contributed by atoms with Crippen molar-refractivity contribution < 1.29 is 23.1 Å². The van der Waals surface area contributed by atoms with Crippen molar-refractivity contribution in [3.05, 3.63) is 24.3 Å². The van der Waals surface area contributed by atoms with E-state index in [0.717, 1.165) is 12.8 Å². The lowest BCUT2D eigenvalue weighted by Crippen LogP contribution is -2.41. The number of amides is 2. The van der Waals surface area contributed by atoms with Gasteiger partial charge in [-0.05, 0) is 43.0 Å². The van der Waals surface area contributed by atoms with Crippen LogP contribution in [0.25, 0.3) is 0 Å². The zero-order valence-electron chi connectivity index (χ0n) is 14.3. The highest BCUT2D eigenvalue weighted by Crippen LogP contribution is 2.19. The molecule has 1 atom stereocenters. The van der Waals surface area contributed by atoms with E-state index in [0.29, 0.717) is 18.8 Å². The topological polar surface area (TPSA) is 104 Å². The number of benzene rings is 1. The molecule has 1 unspecified atom stereocenters. The summed E-state index contributed by atoms with van der Waals surface area (Å²) in [6.45, 7) is 2.52. The van der Waals surface area contributed by atoms with Gasteiger partial charge in [0.05, 0.1) is 10.6 Å². The van der Waals surface area contributed by atoms with E-state index in [2.05, 4.69) is 5.32 Å². The minimum atomic E-state index is -3.57. The second kappa shape index (κ2) is 8.44. The number of nitrogens with one attached hydrogen (secondary N) is 1. The number of aliphatic hydroxyl groups is 1. The molecule has 0 aliphatic carbocycles. The number of carbonyl (C=O) groups is 2. The Morgan fingerprint density at radius 3 is 2.56 bits per heavy atom. The molecule has 1 saturated heterocycles. The molecule has 1 aromatic rings. The fourth-order valence-electron chi connectivity index (χ4n) is 2.89. The van der Waals surface area contributed by atoms with Crippen molar-refractivity contribution in [2.24, 2.45) is 5.92 Å². The molecule has 0 aromatic heterocycles. The summed E-state index contributed by atoms with van der Waals surface area (Å²) in [6.07, 6.45) is 1.64. The van der Waals surface area contributed by atoms with E-state index in [9.17, 15) is 23.1 Å². The van der Waals surface area contributed by atoms with Gasteiger partial charge in [-0.25, -0.2) is 8.42 Å². The van der Waals surface area contributed by atoms with Crippen LogP contribution in [0, 0.1) is 5.92 Å².